The van der Waals surface area contributed by atoms with Crippen molar-refractivity contribution < 1.29 is 23.9 Å². The zero-order chi connectivity index (χ0) is 24.4. The third kappa shape index (κ3) is 5.32. The van der Waals surface area contributed by atoms with Crippen molar-refractivity contribution in [3.05, 3.63) is 46.5 Å². The van der Waals surface area contributed by atoms with Crippen LogP contribution in [0.4, 0.5) is 10.6 Å². The van der Waals surface area contributed by atoms with Crippen LogP contribution in [0, 0.1) is 15.5 Å². The van der Waals surface area contributed by atoms with E-state index in [-0.39, 0.29) is 34.9 Å². The molecule has 0 radical (unpaired) electrons. The van der Waals surface area contributed by atoms with E-state index in [2.05, 4.69) is 23.3 Å². The van der Waals surface area contributed by atoms with E-state index in [0.717, 1.165) is 0 Å². The van der Waals surface area contributed by atoms with Gasteiger partial charge in [-0.05, 0) is 69.3 Å². The lowest BCUT2D eigenvalue weighted by atomic mass is 9.62. The molecule has 0 atom stereocenters. The van der Waals surface area contributed by atoms with Crippen LogP contribution in [-0.4, -0.2) is 59.0 Å². The van der Waals surface area contributed by atoms with Crippen LogP contribution in [0.3, 0.4) is 0 Å². The van der Waals surface area contributed by atoms with Crippen molar-refractivity contribution in [3.63, 3.8) is 0 Å². The summed E-state index contributed by atoms with van der Waals surface area (Å²) in [5.74, 6) is -0.0972. The van der Waals surface area contributed by atoms with Crippen molar-refractivity contribution in [2.24, 2.45) is 10.4 Å². The van der Waals surface area contributed by atoms with Gasteiger partial charge in [-0.15, -0.1) is 0 Å². The fourth-order valence-electron chi connectivity index (χ4n) is 4.10. The summed E-state index contributed by atoms with van der Waals surface area (Å²) in [6.07, 6.45) is 2.38. The van der Waals surface area contributed by atoms with E-state index in [0.29, 0.717) is 38.1 Å². The Morgan fingerprint density at radius 2 is 2.06 bits per heavy atom. The smallest absolute Gasteiger partial charge is 0.410 e. The van der Waals surface area contributed by atoms with Crippen molar-refractivity contribution in [1.29, 1.82) is 0 Å². The maximum atomic E-state index is 12.1. The number of likely N-dealkylation sites (tertiary alicyclic amines) is 1. The molecule has 2 heterocycles. The third-order valence-corrected chi connectivity index (χ3v) is 5.47. The Balaban J connectivity index is 1.66. The van der Waals surface area contributed by atoms with Gasteiger partial charge in [-0.2, -0.15) is 0 Å². The molecule has 0 N–H and O–H groups in total. The van der Waals surface area contributed by atoms with Gasteiger partial charge in [0, 0.05) is 18.5 Å². The van der Waals surface area contributed by atoms with Gasteiger partial charge in [0.15, 0.2) is 5.69 Å². The molecule has 1 saturated carbocycles. The molecule has 1 aromatic heterocycles. The first-order valence-corrected chi connectivity index (χ1v) is 10.8. The second-order valence-corrected chi connectivity index (χ2v) is 9.27. The molecule has 2 aliphatic rings. The molecule has 0 bridgehead atoms. The summed E-state index contributed by atoms with van der Waals surface area (Å²) in [6.45, 7) is 16.0. The number of carbonyl (C=O) groups excluding carboxylic acids is 1. The van der Waals surface area contributed by atoms with E-state index < -0.39 is 16.3 Å². The monoisotopic (exact) mass is 458 g/mol. The van der Waals surface area contributed by atoms with E-state index in [9.17, 15) is 14.9 Å². The highest BCUT2D eigenvalue weighted by Crippen LogP contribution is 2.50. The van der Waals surface area contributed by atoms with Gasteiger partial charge in [-0.25, -0.2) is 9.79 Å². The number of hydrogen-bond acceptors (Lipinski definition) is 8. The SMILES string of the molecule is C=C/C(=C(\N=C)OCC)c1ccc(OC2CC3(C2)CN(C(=O)OC(C)(C)C)C3)c([N+](=O)[O-])n1. The Morgan fingerprint density at radius 1 is 1.39 bits per heavy atom. The number of nitro groups is 1. The summed E-state index contributed by atoms with van der Waals surface area (Å²) in [6, 6.07) is 3.13. The summed E-state index contributed by atoms with van der Waals surface area (Å²) in [5.41, 5.74) is 0.150. The molecule has 1 amide bonds. The second kappa shape index (κ2) is 9.21. The van der Waals surface area contributed by atoms with E-state index in [1.54, 1.807) is 17.9 Å². The van der Waals surface area contributed by atoms with Crippen molar-refractivity contribution in [2.75, 3.05) is 19.7 Å². The van der Waals surface area contributed by atoms with Crippen molar-refractivity contribution >= 4 is 24.2 Å². The second-order valence-electron chi connectivity index (χ2n) is 9.27. The summed E-state index contributed by atoms with van der Waals surface area (Å²) in [4.78, 5) is 32.9. The van der Waals surface area contributed by atoms with Crippen LogP contribution in [0.25, 0.3) is 5.57 Å². The molecule has 1 spiro atoms. The number of pyridine rings is 1. The molecule has 0 unspecified atom stereocenters. The fraction of sp³-hybridized carbons (Fsp3) is 0.522. The molecule has 1 aliphatic heterocycles. The summed E-state index contributed by atoms with van der Waals surface area (Å²) >= 11 is 0. The maximum Gasteiger partial charge on any atom is 0.410 e. The number of hydrogen-bond donors (Lipinski definition) is 0. The van der Waals surface area contributed by atoms with Gasteiger partial charge in [0.25, 0.3) is 0 Å². The molecule has 1 aromatic rings. The Morgan fingerprint density at radius 3 is 2.58 bits per heavy atom. The Bertz CT molecular complexity index is 983. The van der Waals surface area contributed by atoms with E-state index >= 15 is 0 Å². The zero-order valence-electron chi connectivity index (χ0n) is 19.5. The number of allylic oxidation sites excluding steroid dienone is 2. The topological polar surface area (TPSA) is 116 Å². The first kappa shape index (κ1) is 24.2. The normalized spacial score (nSPS) is 17.9. The van der Waals surface area contributed by atoms with E-state index in [1.165, 1.54) is 12.1 Å². The highest BCUT2D eigenvalue weighted by atomic mass is 16.6. The van der Waals surface area contributed by atoms with Crippen molar-refractivity contribution in [1.82, 2.24) is 9.88 Å². The van der Waals surface area contributed by atoms with Crippen molar-refractivity contribution in [2.45, 2.75) is 52.2 Å². The molecule has 10 nitrogen and oxygen atoms in total. The van der Waals surface area contributed by atoms with Crippen LogP contribution in [0.1, 0.15) is 46.2 Å². The maximum absolute atomic E-state index is 12.1. The number of amides is 1. The number of ether oxygens (including phenoxy) is 3. The van der Waals surface area contributed by atoms with Gasteiger partial charge in [0.1, 0.15) is 11.7 Å². The third-order valence-electron chi connectivity index (χ3n) is 5.47. The molecule has 2 fully saturated rings. The van der Waals surface area contributed by atoms with Crippen LogP contribution in [0.15, 0.2) is 35.7 Å². The average molecular weight is 459 g/mol. The number of carbonyl (C=O) groups is 1. The Hall–Kier alpha value is -3.43. The summed E-state index contributed by atoms with van der Waals surface area (Å²) < 4.78 is 16.7. The molecule has 1 saturated heterocycles. The molecule has 3 rings (SSSR count). The number of rotatable bonds is 8. The lowest BCUT2D eigenvalue weighted by Crippen LogP contribution is -2.66. The lowest BCUT2D eigenvalue weighted by Gasteiger charge is -2.57. The van der Waals surface area contributed by atoms with E-state index in [1.807, 2.05) is 20.8 Å². The van der Waals surface area contributed by atoms with Gasteiger partial charge in [-0.3, -0.25) is 0 Å². The van der Waals surface area contributed by atoms with Gasteiger partial charge >= 0.3 is 11.9 Å². The summed E-state index contributed by atoms with van der Waals surface area (Å²) in [7, 11) is 0. The van der Waals surface area contributed by atoms with Crippen LogP contribution >= 0.6 is 0 Å². The first-order valence-electron chi connectivity index (χ1n) is 10.8. The minimum Gasteiger partial charge on any atom is -0.482 e. The predicted molar refractivity (Wildman–Crippen MR) is 123 cm³/mol. The number of nitrogens with zero attached hydrogens (tertiary/aromatic N) is 4. The van der Waals surface area contributed by atoms with Crippen LogP contribution in [-0.2, 0) is 9.47 Å². The lowest BCUT2D eigenvalue weighted by molar-refractivity contribution is -0.391. The van der Waals surface area contributed by atoms with Gasteiger partial charge in [0.2, 0.25) is 11.6 Å². The van der Waals surface area contributed by atoms with Crippen LogP contribution in [0.5, 0.6) is 5.75 Å². The van der Waals surface area contributed by atoms with Crippen molar-refractivity contribution in [3.8, 4) is 5.75 Å². The van der Waals surface area contributed by atoms with Gasteiger partial charge in [-0.1, -0.05) is 12.7 Å². The highest BCUT2D eigenvalue weighted by molar-refractivity contribution is 5.74. The standard InChI is InChI=1S/C23H30N4O6/c1-7-16(20(24-6)31-8-2)17-9-10-18(19(25-17)27(29)30)32-15-11-23(12-15)13-26(14-23)21(28)33-22(3,4)5/h7,9-10,15H,1,6,8,11-14H2,2-5H3/b20-16-. The molecule has 0 aromatic carbocycles. The minimum atomic E-state index is -0.580. The molecular formula is C23H30N4O6. The summed E-state index contributed by atoms with van der Waals surface area (Å²) in [5, 5.41) is 11.7. The Labute approximate surface area is 193 Å². The van der Waals surface area contributed by atoms with Gasteiger partial charge in [0.05, 0.1) is 12.2 Å². The average Bonchev–Trinajstić information content (AvgIpc) is 2.67. The minimum absolute atomic E-state index is 0.00943. The van der Waals surface area contributed by atoms with Gasteiger partial charge < -0.3 is 29.2 Å². The molecule has 1 aliphatic carbocycles. The van der Waals surface area contributed by atoms with Crippen LogP contribution in [0.2, 0.25) is 0 Å². The van der Waals surface area contributed by atoms with Crippen LogP contribution < -0.4 is 4.74 Å². The predicted octanol–water partition coefficient (Wildman–Crippen LogP) is 4.36. The Kier molecular flexibility index (Phi) is 6.76. The first-order chi connectivity index (χ1) is 15.5. The molecule has 178 valence electrons. The highest BCUT2D eigenvalue weighted by Gasteiger charge is 2.55. The van der Waals surface area contributed by atoms with E-state index in [4.69, 9.17) is 14.2 Å². The molecule has 10 heteroatoms. The molecular weight excluding hydrogens is 428 g/mol. The number of aliphatic imine (C=N–C) groups is 1. The number of aromatic nitrogens is 1. The zero-order valence-corrected chi connectivity index (χ0v) is 19.5. The fourth-order valence-corrected chi connectivity index (χ4v) is 4.10. The molecule has 33 heavy (non-hydrogen) atoms. The quantitative estimate of drug-likeness (QED) is 0.187. The largest absolute Gasteiger partial charge is 0.482 e.